The molecule has 0 aliphatic heterocycles. The zero-order chi connectivity index (χ0) is 22.1. The standard InChI is InChI=1S/C25H37NO4/c1-5-6-7-9-19-15-22(28)24(21-14-18(4)10-11-20(21)17(2)3)23(16-19)30-25(29)26-12-8-13-27/h14-16,20-21,27-28H,2,5-13H2,1,3-4H3,(H,26,29)/t20-,21+/m0/s1. The van der Waals surface area contributed by atoms with Gasteiger partial charge in [-0.15, -0.1) is 0 Å². The van der Waals surface area contributed by atoms with Crippen LogP contribution in [0.1, 0.15) is 76.3 Å². The van der Waals surface area contributed by atoms with E-state index < -0.39 is 6.09 Å². The smallest absolute Gasteiger partial charge is 0.412 e. The van der Waals surface area contributed by atoms with E-state index in [1.807, 2.05) is 19.1 Å². The van der Waals surface area contributed by atoms with E-state index in [0.29, 0.717) is 24.3 Å². The number of phenols is 1. The molecule has 1 aliphatic carbocycles. The van der Waals surface area contributed by atoms with Crippen molar-refractivity contribution >= 4 is 6.09 Å². The molecule has 0 fully saturated rings. The number of unbranched alkanes of at least 4 members (excludes halogenated alkanes) is 2. The third-order valence-corrected chi connectivity index (χ3v) is 5.77. The average molecular weight is 416 g/mol. The fourth-order valence-corrected chi connectivity index (χ4v) is 4.12. The number of phenolic OH excluding ortho intramolecular Hbond substituents is 1. The number of hydrogen-bond donors (Lipinski definition) is 3. The molecular weight excluding hydrogens is 378 g/mol. The van der Waals surface area contributed by atoms with Crippen LogP contribution in [0, 0.1) is 5.92 Å². The minimum absolute atomic E-state index is 0.00562. The summed E-state index contributed by atoms with van der Waals surface area (Å²) in [7, 11) is 0. The molecule has 0 spiro atoms. The Bertz CT molecular complexity index is 769. The molecule has 0 saturated carbocycles. The van der Waals surface area contributed by atoms with Crippen molar-refractivity contribution in [2.45, 2.75) is 71.6 Å². The number of aliphatic hydroxyl groups excluding tert-OH is 1. The third-order valence-electron chi connectivity index (χ3n) is 5.77. The Morgan fingerprint density at radius 1 is 1.30 bits per heavy atom. The number of amides is 1. The predicted octanol–water partition coefficient (Wildman–Crippen LogP) is 5.61. The average Bonchev–Trinajstić information content (AvgIpc) is 2.68. The second kappa shape index (κ2) is 11.8. The number of hydrogen-bond acceptors (Lipinski definition) is 4. The van der Waals surface area contributed by atoms with Gasteiger partial charge in [-0.2, -0.15) is 0 Å². The third kappa shape index (κ3) is 6.63. The number of aromatic hydroxyl groups is 1. The first-order chi connectivity index (χ1) is 14.4. The summed E-state index contributed by atoms with van der Waals surface area (Å²) in [6.45, 7) is 10.8. The molecule has 0 heterocycles. The van der Waals surface area contributed by atoms with Gasteiger partial charge in [0.15, 0.2) is 0 Å². The zero-order valence-electron chi connectivity index (χ0n) is 18.7. The van der Waals surface area contributed by atoms with Crippen LogP contribution in [-0.4, -0.2) is 29.5 Å². The van der Waals surface area contributed by atoms with Crippen molar-refractivity contribution in [1.82, 2.24) is 5.32 Å². The minimum atomic E-state index is -0.571. The lowest BCUT2D eigenvalue weighted by molar-refractivity contribution is 0.198. The molecule has 166 valence electrons. The van der Waals surface area contributed by atoms with E-state index in [2.05, 4.69) is 31.8 Å². The van der Waals surface area contributed by atoms with Crippen LogP contribution in [0.2, 0.25) is 0 Å². The molecule has 0 aromatic heterocycles. The molecule has 0 bridgehead atoms. The Balaban J connectivity index is 2.41. The second-order valence-electron chi connectivity index (χ2n) is 8.41. The Morgan fingerprint density at radius 2 is 2.07 bits per heavy atom. The van der Waals surface area contributed by atoms with E-state index in [0.717, 1.165) is 49.7 Å². The van der Waals surface area contributed by atoms with Gasteiger partial charge in [0.2, 0.25) is 0 Å². The minimum Gasteiger partial charge on any atom is -0.507 e. The summed E-state index contributed by atoms with van der Waals surface area (Å²) in [5.41, 5.74) is 3.95. The van der Waals surface area contributed by atoms with Gasteiger partial charge < -0.3 is 20.3 Å². The first-order valence-corrected chi connectivity index (χ1v) is 11.1. The Kier molecular flexibility index (Phi) is 9.44. The topological polar surface area (TPSA) is 78.8 Å². The highest BCUT2D eigenvalue weighted by molar-refractivity contribution is 5.72. The maximum absolute atomic E-state index is 12.4. The van der Waals surface area contributed by atoms with Crippen LogP contribution in [0.3, 0.4) is 0 Å². The monoisotopic (exact) mass is 415 g/mol. The van der Waals surface area contributed by atoms with Crippen molar-refractivity contribution in [3.05, 3.63) is 47.1 Å². The quantitative estimate of drug-likeness (QED) is 0.343. The Labute approximate surface area is 180 Å². The van der Waals surface area contributed by atoms with Crippen molar-refractivity contribution in [3.8, 4) is 11.5 Å². The van der Waals surface area contributed by atoms with Crippen molar-refractivity contribution in [2.75, 3.05) is 13.2 Å². The molecule has 0 radical (unpaired) electrons. The van der Waals surface area contributed by atoms with Gasteiger partial charge in [0, 0.05) is 24.6 Å². The molecule has 1 amide bonds. The fourth-order valence-electron chi connectivity index (χ4n) is 4.12. The van der Waals surface area contributed by atoms with Crippen LogP contribution in [0.5, 0.6) is 11.5 Å². The fraction of sp³-hybridized carbons (Fsp3) is 0.560. The zero-order valence-corrected chi connectivity index (χ0v) is 18.7. The molecule has 3 N–H and O–H groups in total. The van der Waals surface area contributed by atoms with Crippen LogP contribution in [0.15, 0.2) is 35.9 Å². The SMILES string of the molecule is C=C(C)[C@@H]1CCC(C)=C[C@H]1c1c(O)cc(CCCCC)cc1OC(=O)NCCCO. The normalized spacial score (nSPS) is 18.6. The van der Waals surface area contributed by atoms with Crippen LogP contribution >= 0.6 is 0 Å². The molecule has 1 aromatic carbocycles. The van der Waals surface area contributed by atoms with E-state index in [1.165, 1.54) is 5.57 Å². The lowest BCUT2D eigenvalue weighted by Gasteiger charge is -2.32. The first kappa shape index (κ1) is 24.0. The summed E-state index contributed by atoms with van der Waals surface area (Å²) in [4.78, 5) is 12.4. The summed E-state index contributed by atoms with van der Waals surface area (Å²) in [5.74, 6) is 0.682. The molecule has 1 aromatic rings. The molecule has 0 unspecified atom stereocenters. The summed E-state index contributed by atoms with van der Waals surface area (Å²) in [6.07, 6.45) is 8.11. The largest absolute Gasteiger partial charge is 0.507 e. The highest BCUT2D eigenvalue weighted by Crippen LogP contribution is 2.47. The summed E-state index contributed by atoms with van der Waals surface area (Å²) in [6, 6.07) is 3.71. The van der Waals surface area contributed by atoms with Gasteiger partial charge >= 0.3 is 6.09 Å². The number of rotatable bonds is 10. The number of aryl methyl sites for hydroxylation is 1. The molecule has 30 heavy (non-hydrogen) atoms. The second-order valence-corrected chi connectivity index (χ2v) is 8.41. The van der Waals surface area contributed by atoms with Gasteiger partial charge in [-0.3, -0.25) is 0 Å². The highest BCUT2D eigenvalue weighted by atomic mass is 16.6. The van der Waals surface area contributed by atoms with Crippen LogP contribution in [-0.2, 0) is 6.42 Å². The summed E-state index contributed by atoms with van der Waals surface area (Å²) in [5, 5.41) is 22.6. The summed E-state index contributed by atoms with van der Waals surface area (Å²) >= 11 is 0. The van der Waals surface area contributed by atoms with E-state index in [-0.39, 0.29) is 24.2 Å². The maximum atomic E-state index is 12.4. The number of allylic oxidation sites excluding steroid dienone is 3. The van der Waals surface area contributed by atoms with Gasteiger partial charge in [0.1, 0.15) is 11.5 Å². The molecule has 0 saturated heterocycles. The predicted molar refractivity (Wildman–Crippen MR) is 121 cm³/mol. The molecule has 2 rings (SSSR count). The lowest BCUT2D eigenvalue weighted by Crippen LogP contribution is -2.29. The van der Waals surface area contributed by atoms with Gasteiger partial charge in [0.25, 0.3) is 0 Å². The van der Waals surface area contributed by atoms with Crippen LogP contribution in [0.4, 0.5) is 4.79 Å². The molecule has 5 nitrogen and oxygen atoms in total. The molecule has 2 atom stereocenters. The molecular formula is C25H37NO4. The number of ether oxygens (including phenoxy) is 1. The first-order valence-electron chi connectivity index (χ1n) is 11.1. The van der Waals surface area contributed by atoms with Crippen molar-refractivity contribution in [2.24, 2.45) is 5.92 Å². The van der Waals surface area contributed by atoms with Crippen molar-refractivity contribution in [1.29, 1.82) is 0 Å². The van der Waals surface area contributed by atoms with Gasteiger partial charge in [-0.05, 0) is 69.6 Å². The van der Waals surface area contributed by atoms with Gasteiger partial charge in [-0.25, -0.2) is 4.79 Å². The number of benzene rings is 1. The van der Waals surface area contributed by atoms with E-state index in [4.69, 9.17) is 9.84 Å². The molecule has 5 heteroatoms. The number of nitrogens with one attached hydrogen (secondary N) is 1. The van der Waals surface area contributed by atoms with E-state index in [9.17, 15) is 9.90 Å². The number of aliphatic hydroxyl groups is 1. The number of carbonyl (C=O) groups excluding carboxylic acids is 1. The van der Waals surface area contributed by atoms with Gasteiger partial charge in [0.05, 0.1) is 0 Å². The molecule has 1 aliphatic rings. The van der Waals surface area contributed by atoms with Crippen molar-refractivity contribution < 1.29 is 19.7 Å². The van der Waals surface area contributed by atoms with Crippen LogP contribution < -0.4 is 10.1 Å². The Hall–Kier alpha value is -2.27. The Morgan fingerprint density at radius 3 is 2.73 bits per heavy atom. The summed E-state index contributed by atoms with van der Waals surface area (Å²) < 4.78 is 5.69. The number of carbonyl (C=O) groups is 1. The van der Waals surface area contributed by atoms with E-state index >= 15 is 0 Å². The van der Waals surface area contributed by atoms with E-state index in [1.54, 1.807) is 0 Å². The van der Waals surface area contributed by atoms with Crippen molar-refractivity contribution in [3.63, 3.8) is 0 Å². The lowest BCUT2D eigenvalue weighted by atomic mass is 9.73. The van der Waals surface area contributed by atoms with Crippen LogP contribution in [0.25, 0.3) is 0 Å². The maximum Gasteiger partial charge on any atom is 0.412 e. The van der Waals surface area contributed by atoms with Gasteiger partial charge in [-0.1, -0.05) is 43.6 Å². The highest BCUT2D eigenvalue weighted by Gasteiger charge is 2.31.